The van der Waals surface area contributed by atoms with E-state index >= 15 is 0 Å². The maximum Gasteiger partial charge on any atom is 0.270 e. The second-order valence-corrected chi connectivity index (χ2v) is 6.74. The van der Waals surface area contributed by atoms with Crippen molar-refractivity contribution in [3.05, 3.63) is 106 Å². The Hall–Kier alpha value is -3.93. The Labute approximate surface area is 175 Å². The number of carbonyl (C=O) groups excluding carboxylic acids is 1. The molecule has 0 bridgehead atoms. The van der Waals surface area contributed by atoms with Gasteiger partial charge in [-0.3, -0.25) is 14.9 Å². The first kappa shape index (κ1) is 20.8. The summed E-state index contributed by atoms with van der Waals surface area (Å²) in [7, 11) is 1.60. The van der Waals surface area contributed by atoms with Gasteiger partial charge in [0.25, 0.3) is 11.6 Å². The molecule has 0 aliphatic carbocycles. The average Bonchev–Trinajstić information content (AvgIpc) is 2.78. The summed E-state index contributed by atoms with van der Waals surface area (Å²) >= 11 is 0. The van der Waals surface area contributed by atoms with Crippen molar-refractivity contribution >= 4 is 23.2 Å². The molecule has 3 aromatic carbocycles. The van der Waals surface area contributed by atoms with E-state index in [2.05, 4.69) is 5.32 Å². The number of methoxy groups -OCH3 is 1. The van der Waals surface area contributed by atoms with Gasteiger partial charge in [-0.1, -0.05) is 54.6 Å². The third-order valence-electron chi connectivity index (χ3n) is 4.68. The van der Waals surface area contributed by atoms with E-state index in [4.69, 9.17) is 4.74 Å². The number of nitro benzene ring substituents is 1. The molecule has 0 aliphatic rings. The van der Waals surface area contributed by atoms with Crippen LogP contribution in [0.15, 0.2) is 78.9 Å². The predicted octanol–water partition coefficient (Wildman–Crippen LogP) is 5.02. The molecule has 0 fully saturated rings. The average molecular weight is 402 g/mol. The number of carbonyl (C=O) groups is 1. The van der Waals surface area contributed by atoms with Crippen molar-refractivity contribution in [1.82, 2.24) is 5.32 Å². The fraction of sp³-hybridized carbons (Fsp3) is 0.125. The van der Waals surface area contributed by atoms with E-state index in [1.807, 2.05) is 61.5 Å². The van der Waals surface area contributed by atoms with Crippen molar-refractivity contribution in [1.29, 1.82) is 0 Å². The van der Waals surface area contributed by atoms with E-state index in [1.54, 1.807) is 25.3 Å². The summed E-state index contributed by atoms with van der Waals surface area (Å²) in [6, 6.07) is 22.7. The standard InChI is InChI=1S/C24H22N2O4/c1-17(19-11-13-22(30-2)14-12-19)25-24(27)23(20-8-4-3-5-9-20)16-18-7-6-10-21(15-18)26(28)29/h3-17H,1-2H3,(H,25,27)/b23-16+/t17-/m1/s1. The second kappa shape index (κ2) is 9.52. The van der Waals surface area contributed by atoms with Gasteiger partial charge in [0, 0.05) is 17.7 Å². The van der Waals surface area contributed by atoms with Crippen molar-refractivity contribution < 1.29 is 14.5 Å². The van der Waals surface area contributed by atoms with Crippen molar-refractivity contribution in [2.45, 2.75) is 13.0 Å². The molecule has 0 radical (unpaired) electrons. The van der Waals surface area contributed by atoms with Crippen molar-refractivity contribution in [3.63, 3.8) is 0 Å². The van der Waals surface area contributed by atoms with Crippen LogP contribution in [-0.2, 0) is 4.79 Å². The Balaban J connectivity index is 1.91. The highest BCUT2D eigenvalue weighted by atomic mass is 16.6. The zero-order valence-electron chi connectivity index (χ0n) is 16.7. The molecule has 3 rings (SSSR count). The summed E-state index contributed by atoms with van der Waals surface area (Å²) in [5, 5.41) is 14.1. The smallest absolute Gasteiger partial charge is 0.270 e. The molecule has 0 aliphatic heterocycles. The van der Waals surface area contributed by atoms with Crippen molar-refractivity contribution in [2.75, 3.05) is 7.11 Å². The minimum Gasteiger partial charge on any atom is -0.497 e. The first-order valence-corrected chi connectivity index (χ1v) is 9.44. The predicted molar refractivity (Wildman–Crippen MR) is 117 cm³/mol. The number of benzene rings is 3. The van der Waals surface area contributed by atoms with Gasteiger partial charge in [-0.05, 0) is 41.8 Å². The van der Waals surface area contributed by atoms with E-state index < -0.39 is 4.92 Å². The van der Waals surface area contributed by atoms with Crippen LogP contribution in [0.5, 0.6) is 5.75 Å². The highest BCUT2D eigenvalue weighted by molar-refractivity contribution is 6.24. The lowest BCUT2D eigenvalue weighted by molar-refractivity contribution is -0.384. The maximum atomic E-state index is 13.1. The van der Waals surface area contributed by atoms with Crippen LogP contribution in [0, 0.1) is 10.1 Å². The van der Waals surface area contributed by atoms with Gasteiger partial charge in [0.05, 0.1) is 18.1 Å². The Kier molecular flexibility index (Phi) is 6.60. The summed E-state index contributed by atoms with van der Waals surface area (Å²) in [6.07, 6.45) is 1.67. The summed E-state index contributed by atoms with van der Waals surface area (Å²) < 4.78 is 5.17. The van der Waals surface area contributed by atoms with Gasteiger partial charge >= 0.3 is 0 Å². The topological polar surface area (TPSA) is 81.5 Å². The van der Waals surface area contributed by atoms with Crippen LogP contribution in [0.2, 0.25) is 0 Å². The van der Waals surface area contributed by atoms with Gasteiger partial charge in [-0.25, -0.2) is 0 Å². The summed E-state index contributed by atoms with van der Waals surface area (Å²) in [5.41, 5.74) is 2.64. The fourth-order valence-corrected chi connectivity index (χ4v) is 3.04. The van der Waals surface area contributed by atoms with E-state index in [0.717, 1.165) is 16.9 Å². The zero-order valence-corrected chi connectivity index (χ0v) is 16.7. The molecule has 0 saturated heterocycles. The van der Waals surface area contributed by atoms with Gasteiger partial charge < -0.3 is 10.1 Å². The minimum absolute atomic E-state index is 0.0248. The quantitative estimate of drug-likeness (QED) is 0.260. The molecule has 30 heavy (non-hydrogen) atoms. The van der Waals surface area contributed by atoms with Crippen LogP contribution in [0.3, 0.4) is 0 Å². The number of hydrogen-bond donors (Lipinski definition) is 1. The molecule has 6 nitrogen and oxygen atoms in total. The molecule has 152 valence electrons. The first-order valence-electron chi connectivity index (χ1n) is 9.44. The van der Waals surface area contributed by atoms with Crippen LogP contribution >= 0.6 is 0 Å². The van der Waals surface area contributed by atoms with Gasteiger partial charge in [-0.15, -0.1) is 0 Å². The number of nitrogens with zero attached hydrogens (tertiary/aromatic N) is 1. The highest BCUT2D eigenvalue weighted by Gasteiger charge is 2.16. The van der Waals surface area contributed by atoms with E-state index in [-0.39, 0.29) is 17.6 Å². The normalized spacial score (nSPS) is 12.1. The third-order valence-corrected chi connectivity index (χ3v) is 4.68. The number of hydrogen-bond acceptors (Lipinski definition) is 4. The number of ether oxygens (including phenoxy) is 1. The summed E-state index contributed by atoms with van der Waals surface area (Å²) in [4.78, 5) is 23.8. The number of amides is 1. The van der Waals surface area contributed by atoms with Crippen LogP contribution in [0.1, 0.15) is 29.7 Å². The van der Waals surface area contributed by atoms with E-state index in [1.165, 1.54) is 12.1 Å². The molecule has 1 amide bonds. The van der Waals surface area contributed by atoms with Gasteiger partial charge in [0.2, 0.25) is 0 Å². The largest absolute Gasteiger partial charge is 0.497 e. The van der Waals surface area contributed by atoms with Gasteiger partial charge in [0.1, 0.15) is 5.75 Å². The molecular formula is C24H22N2O4. The third kappa shape index (κ3) is 5.11. The van der Waals surface area contributed by atoms with Crippen LogP contribution < -0.4 is 10.1 Å². The molecule has 0 unspecified atom stereocenters. The van der Waals surface area contributed by atoms with Crippen LogP contribution in [-0.4, -0.2) is 17.9 Å². The van der Waals surface area contributed by atoms with Gasteiger partial charge in [-0.2, -0.15) is 0 Å². The number of nitrogens with one attached hydrogen (secondary N) is 1. The van der Waals surface area contributed by atoms with E-state index in [9.17, 15) is 14.9 Å². The second-order valence-electron chi connectivity index (χ2n) is 6.74. The number of non-ortho nitro benzene ring substituents is 1. The SMILES string of the molecule is COc1ccc([C@@H](C)NC(=O)/C(=C/c2cccc([N+](=O)[O-])c2)c2ccccc2)cc1. The molecular weight excluding hydrogens is 380 g/mol. The molecule has 0 spiro atoms. The van der Waals surface area contributed by atoms with E-state index in [0.29, 0.717) is 11.1 Å². The Bertz CT molecular complexity index is 1060. The van der Waals surface area contributed by atoms with Crippen molar-refractivity contribution in [3.8, 4) is 5.75 Å². The number of nitro groups is 1. The Morgan fingerprint density at radius 3 is 2.37 bits per heavy atom. The molecule has 1 N–H and O–H groups in total. The molecule has 3 aromatic rings. The van der Waals surface area contributed by atoms with Crippen molar-refractivity contribution in [2.24, 2.45) is 0 Å². The summed E-state index contributed by atoms with van der Waals surface area (Å²) in [6.45, 7) is 1.90. The minimum atomic E-state index is -0.453. The molecule has 0 saturated carbocycles. The Morgan fingerprint density at radius 1 is 1.03 bits per heavy atom. The lowest BCUT2D eigenvalue weighted by atomic mass is 10.0. The van der Waals surface area contributed by atoms with Crippen LogP contribution in [0.25, 0.3) is 11.6 Å². The number of rotatable bonds is 7. The Morgan fingerprint density at radius 2 is 1.73 bits per heavy atom. The monoisotopic (exact) mass is 402 g/mol. The molecule has 6 heteroatoms. The molecule has 0 heterocycles. The molecule has 1 atom stereocenters. The lowest BCUT2D eigenvalue weighted by Crippen LogP contribution is -2.27. The maximum absolute atomic E-state index is 13.1. The van der Waals surface area contributed by atoms with Crippen LogP contribution in [0.4, 0.5) is 5.69 Å². The summed E-state index contributed by atoms with van der Waals surface area (Å²) in [5.74, 6) is 0.476. The molecule has 0 aromatic heterocycles. The zero-order chi connectivity index (χ0) is 21.5. The fourth-order valence-electron chi connectivity index (χ4n) is 3.04. The lowest BCUT2D eigenvalue weighted by Gasteiger charge is -2.17. The first-order chi connectivity index (χ1) is 14.5. The van der Waals surface area contributed by atoms with Gasteiger partial charge in [0.15, 0.2) is 0 Å². The highest BCUT2D eigenvalue weighted by Crippen LogP contribution is 2.23.